The maximum atomic E-state index is 12.3. The molecular formula is C22H19N3O4. The average molecular weight is 389 g/mol. The van der Waals surface area contributed by atoms with Gasteiger partial charge in [-0.25, -0.2) is 9.59 Å². The number of carboxylic acids is 1. The van der Waals surface area contributed by atoms with Crippen LogP contribution in [0.4, 0.5) is 4.79 Å². The van der Waals surface area contributed by atoms with E-state index in [4.69, 9.17) is 4.74 Å². The third-order valence-electron chi connectivity index (χ3n) is 4.96. The number of hydrogen-bond donors (Lipinski definition) is 2. The monoisotopic (exact) mass is 389 g/mol. The number of nitrogens with zero attached hydrogens (tertiary/aromatic N) is 2. The van der Waals surface area contributed by atoms with Crippen molar-refractivity contribution in [3.8, 4) is 11.1 Å². The molecule has 0 spiro atoms. The molecule has 0 bridgehead atoms. The van der Waals surface area contributed by atoms with Crippen LogP contribution in [0.25, 0.3) is 11.1 Å². The highest BCUT2D eigenvalue weighted by Gasteiger charge is 2.29. The molecule has 2 aromatic carbocycles. The summed E-state index contributed by atoms with van der Waals surface area (Å²) in [6.07, 6.45) is 3.69. The molecule has 1 aliphatic rings. The Balaban J connectivity index is 1.43. The highest BCUT2D eigenvalue weighted by molar-refractivity contribution is 5.81. The molecule has 1 heterocycles. The van der Waals surface area contributed by atoms with Crippen molar-refractivity contribution < 1.29 is 19.4 Å². The molecule has 1 aliphatic carbocycles. The molecule has 0 aliphatic heterocycles. The Hall–Kier alpha value is -3.74. The minimum atomic E-state index is -1.16. The van der Waals surface area contributed by atoms with Crippen LogP contribution in [-0.4, -0.2) is 39.8 Å². The lowest BCUT2D eigenvalue weighted by atomic mass is 9.98. The van der Waals surface area contributed by atoms with E-state index in [1.54, 1.807) is 0 Å². The third kappa shape index (κ3) is 3.94. The van der Waals surface area contributed by atoms with E-state index in [0.29, 0.717) is 5.69 Å². The largest absolute Gasteiger partial charge is 0.480 e. The van der Waals surface area contributed by atoms with Gasteiger partial charge in [-0.2, -0.15) is 0 Å². The summed E-state index contributed by atoms with van der Waals surface area (Å²) in [4.78, 5) is 31.8. The fourth-order valence-corrected chi connectivity index (χ4v) is 3.63. The third-order valence-corrected chi connectivity index (χ3v) is 4.96. The number of carbonyl (C=O) groups is 2. The van der Waals surface area contributed by atoms with Gasteiger partial charge in [0.1, 0.15) is 12.6 Å². The Morgan fingerprint density at radius 1 is 1.03 bits per heavy atom. The Kier molecular flexibility index (Phi) is 5.20. The van der Waals surface area contributed by atoms with Crippen LogP contribution in [0.1, 0.15) is 22.7 Å². The second-order valence-corrected chi connectivity index (χ2v) is 6.76. The molecule has 0 saturated carbocycles. The van der Waals surface area contributed by atoms with Crippen molar-refractivity contribution in [3.05, 3.63) is 83.9 Å². The maximum absolute atomic E-state index is 12.3. The first-order valence-corrected chi connectivity index (χ1v) is 9.22. The van der Waals surface area contributed by atoms with E-state index in [1.807, 2.05) is 36.4 Å². The van der Waals surface area contributed by atoms with Crippen molar-refractivity contribution in [2.24, 2.45) is 0 Å². The molecular weight excluding hydrogens is 370 g/mol. The molecule has 1 aromatic heterocycles. The number of amides is 1. The highest BCUT2D eigenvalue weighted by atomic mass is 16.5. The second-order valence-electron chi connectivity index (χ2n) is 6.76. The summed E-state index contributed by atoms with van der Waals surface area (Å²) in [5.74, 6) is -1.25. The number of aromatic nitrogens is 2. The number of hydrogen-bond acceptors (Lipinski definition) is 5. The highest BCUT2D eigenvalue weighted by Crippen LogP contribution is 2.44. The van der Waals surface area contributed by atoms with E-state index < -0.39 is 18.1 Å². The number of nitrogens with one attached hydrogen (secondary N) is 1. The van der Waals surface area contributed by atoms with Gasteiger partial charge < -0.3 is 15.2 Å². The zero-order valence-corrected chi connectivity index (χ0v) is 15.5. The van der Waals surface area contributed by atoms with Crippen molar-refractivity contribution >= 4 is 12.1 Å². The van der Waals surface area contributed by atoms with Crippen molar-refractivity contribution in [2.75, 3.05) is 6.61 Å². The zero-order chi connectivity index (χ0) is 20.2. The smallest absolute Gasteiger partial charge is 0.407 e. The van der Waals surface area contributed by atoms with E-state index >= 15 is 0 Å². The summed E-state index contributed by atoms with van der Waals surface area (Å²) in [5.41, 5.74) is 4.91. The van der Waals surface area contributed by atoms with E-state index in [1.165, 1.54) is 18.6 Å². The van der Waals surface area contributed by atoms with Crippen LogP contribution >= 0.6 is 0 Å². The fourth-order valence-electron chi connectivity index (χ4n) is 3.63. The molecule has 0 fully saturated rings. The summed E-state index contributed by atoms with van der Waals surface area (Å²) in [5, 5.41) is 11.8. The van der Waals surface area contributed by atoms with Crippen molar-refractivity contribution in [2.45, 2.75) is 18.4 Å². The van der Waals surface area contributed by atoms with Crippen LogP contribution in [-0.2, 0) is 16.0 Å². The predicted octanol–water partition coefficient (Wildman–Crippen LogP) is 3.01. The SMILES string of the molecule is O=C(NC(Cc1cnccn1)C(=O)O)OCC1c2ccccc2-c2ccccc21. The Labute approximate surface area is 167 Å². The summed E-state index contributed by atoms with van der Waals surface area (Å²) >= 11 is 0. The van der Waals surface area contributed by atoms with Gasteiger partial charge in [-0.15, -0.1) is 0 Å². The van der Waals surface area contributed by atoms with Crippen molar-refractivity contribution in [1.29, 1.82) is 0 Å². The first-order chi connectivity index (χ1) is 14.1. The number of ether oxygens (including phenoxy) is 1. The van der Waals surface area contributed by atoms with Gasteiger partial charge in [0.05, 0.1) is 5.69 Å². The van der Waals surface area contributed by atoms with Gasteiger partial charge in [0.15, 0.2) is 0 Å². The Morgan fingerprint density at radius 3 is 2.28 bits per heavy atom. The summed E-state index contributed by atoms with van der Waals surface area (Å²) < 4.78 is 5.41. The van der Waals surface area contributed by atoms with Crippen LogP contribution in [0.2, 0.25) is 0 Å². The standard InChI is InChI=1S/C22H19N3O4/c26-21(27)20(11-14-12-23-9-10-24-14)25-22(28)29-13-19-17-7-3-1-5-15(17)16-6-2-4-8-18(16)19/h1-10,12,19-20H,11,13H2,(H,25,28)(H,26,27). The molecule has 1 unspecified atom stereocenters. The fraction of sp³-hybridized carbons (Fsp3) is 0.182. The number of fused-ring (bicyclic) bond motifs is 3. The molecule has 0 saturated heterocycles. The Morgan fingerprint density at radius 2 is 1.69 bits per heavy atom. The number of aliphatic carboxylic acids is 1. The van der Waals surface area contributed by atoms with E-state index in [0.717, 1.165) is 22.3 Å². The lowest BCUT2D eigenvalue weighted by molar-refractivity contribution is -0.139. The topological polar surface area (TPSA) is 101 Å². The molecule has 7 nitrogen and oxygen atoms in total. The van der Waals surface area contributed by atoms with Crippen LogP contribution < -0.4 is 5.32 Å². The number of rotatable bonds is 6. The minimum Gasteiger partial charge on any atom is -0.480 e. The van der Waals surface area contributed by atoms with E-state index in [-0.39, 0.29) is 18.9 Å². The van der Waals surface area contributed by atoms with Gasteiger partial charge in [0, 0.05) is 30.9 Å². The summed E-state index contributed by atoms with van der Waals surface area (Å²) in [6, 6.07) is 14.9. The van der Waals surface area contributed by atoms with Gasteiger partial charge >= 0.3 is 12.1 Å². The van der Waals surface area contributed by atoms with Crippen LogP contribution in [0, 0.1) is 0 Å². The molecule has 7 heteroatoms. The molecule has 0 radical (unpaired) electrons. The molecule has 1 amide bonds. The van der Waals surface area contributed by atoms with Crippen LogP contribution in [0.5, 0.6) is 0 Å². The Bertz CT molecular complexity index is 993. The number of carbonyl (C=O) groups excluding carboxylic acids is 1. The lowest BCUT2D eigenvalue weighted by Crippen LogP contribution is -2.43. The second kappa shape index (κ2) is 8.10. The minimum absolute atomic E-state index is 0.0212. The van der Waals surface area contributed by atoms with E-state index in [2.05, 4.69) is 27.4 Å². The predicted molar refractivity (Wildman–Crippen MR) is 105 cm³/mol. The molecule has 2 N–H and O–H groups in total. The first-order valence-electron chi connectivity index (χ1n) is 9.22. The van der Waals surface area contributed by atoms with Gasteiger partial charge in [0.2, 0.25) is 0 Å². The molecule has 3 aromatic rings. The molecule has 4 rings (SSSR count). The van der Waals surface area contributed by atoms with Crippen molar-refractivity contribution in [1.82, 2.24) is 15.3 Å². The summed E-state index contributed by atoms with van der Waals surface area (Å²) in [7, 11) is 0. The lowest BCUT2D eigenvalue weighted by Gasteiger charge is -2.17. The first kappa shape index (κ1) is 18.6. The van der Waals surface area contributed by atoms with Crippen molar-refractivity contribution in [3.63, 3.8) is 0 Å². The average Bonchev–Trinajstić information content (AvgIpc) is 3.06. The number of benzene rings is 2. The number of carboxylic acid groups (broad SMARTS) is 1. The molecule has 29 heavy (non-hydrogen) atoms. The van der Waals surface area contributed by atoms with Crippen LogP contribution in [0.3, 0.4) is 0 Å². The molecule has 146 valence electrons. The quantitative estimate of drug-likeness (QED) is 0.672. The number of alkyl carbamates (subject to hydrolysis) is 1. The van der Waals surface area contributed by atoms with Gasteiger partial charge in [0.25, 0.3) is 0 Å². The van der Waals surface area contributed by atoms with Gasteiger partial charge in [-0.3, -0.25) is 9.97 Å². The van der Waals surface area contributed by atoms with Crippen LogP contribution in [0.15, 0.2) is 67.1 Å². The van der Waals surface area contributed by atoms with Gasteiger partial charge in [-0.1, -0.05) is 48.5 Å². The molecule has 1 atom stereocenters. The maximum Gasteiger partial charge on any atom is 0.407 e. The normalized spacial score (nSPS) is 13.2. The zero-order valence-electron chi connectivity index (χ0n) is 15.5. The van der Waals surface area contributed by atoms with E-state index in [9.17, 15) is 14.7 Å². The summed E-state index contributed by atoms with van der Waals surface area (Å²) in [6.45, 7) is 0.122. The van der Waals surface area contributed by atoms with Gasteiger partial charge in [-0.05, 0) is 22.3 Å².